The number of carbonyl (C=O) groups is 1. The average molecular weight is 380 g/mol. The minimum absolute atomic E-state index is 0. The number of para-hydroxylation sites is 1. The standard InChI is InChI=1S/C19H25N3O3.ClH/c1-3-22(4-2)18-14-9-5-6-10-15(14)25-19(24)17(18)20-16(23)13-21-11-7-8-12-21;/h5-6,9-10H,3-4,7-8,11-13H2,1-2H3,(H,20,23);1H. The zero-order chi connectivity index (χ0) is 17.8. The van der Waals surface area contributed by atoms with Gasteiger partial charge in [-0.3, -0.25) is 9.69 Å². The zero-order valence-electron chi connectivity index (χ0n) is 15.3. The minimum atomic E-state index is -0.504. The molecular formula is C19H26ClN3O3. The van der Waals surface area contributed by atoms with Crippen molar-refractivity contribution >= 4 is 40.7 Å². The maximum atomic E-state index is 12.5. The Morgan fingerprint density at radius 1 is 1.19 bits per heavy atom. The summed E-state index contributed by atoms with van der Waals surface area (Å²) in [5, 5.41) is 3.65. The average Bonchev–Trinajstić information content (AvgIpc) is 3.11. The summed E-state index contributed by atoms with van der Waals surface area (Å²) < 4.78 is 5.43. The van der Waals surface area contributed by atoms with Crippen molar-refractivity contribution in [2.24, 2.45) is 0 Å². The second-order valence-corrected chi connectivity index (χ2v) is 6.31. The second-order valence-electron chi connectivity index (χ2n) is 6.31. The first kappa shape index (κ1) is 20.3. The quantitative estimate of drug-likeness (QED) is 0.781. The lowest BCUT2D eigenvalue weighted by atomic mass is 10.1. The highest BCUT2D eigenvalue weighted by molar-refractivity contribution is 6.03. The van der Waals surface area contributed by atoms with Gasteiger partial charge in [0.05, 0.1) is 12.2 Å². The maximum Gasteiger partial charge on any atom is 0.362 e. The number of halogens is 1. The molecular weight excluding hydrogens is 354 g/mol. The number of likely N-dealkylation sites (tertiary alicyclic amines) is 1. The highest BCUT2D eigenvalue weighted by Gasteiger charge is 2.22. The van der Waals surface area contributed by atoms with Crippen molar-refractivity contribution in [2.45, 2.75) is 26.7 Å². The monoisotopic (exact) mass is 379 g/mol. The Kier molecular flexibility index (Phi) is 7.06. The molecule has 0 unspecified atom stereocenters. The number of hydrogen-bond donors (Lipinski definition) is 1. The van der Waals surface area contributed by atoms with Crippen LogP contribution in [-0.2, 0) is 4.79 Å². The second kappa shape index (κ2) is 9.05. The summed E-state index contributed by atoms with van der Waals surface area (Å²) >= 11 is 0. The Balaban J connectivity index is 0.00000243. The first-order chi connectivity index (χ1) is 12.1. The Labute approximate surface area is 159 Å². The summed E-state index contributed by atoms with van der Waals surface area (Å²) in [5.41, 5.74) is 1.01. The van der Waals surface area contributed by atoms with Crippen molar-refractivity contribution in [3.8, 4) is 0 Å². The van der Waals surface area contributed by atoms with Gasteiger partial charge in [0.25, 0.3) is 0 Å². The lowest BCUT2D eigenvalue weighted by Gasteiger charge is -2.25. The van der Waals surface area contributed by atoms with Gasteiger partial charge in [-0.25, -0.2) is 4.79 Å². The minimum Gasteiger partial charge on any atom is -0.421 e. The number of hydrogen-bond acceptors (Lipinski definition) is 5. The molecule has 0 spiro atoms. The normalized spacial score (nSPS) is 14.2. The fourth-order valence-corrected chi connectivity index (χ4v) is 3.43. The van der Waals surface area contributed by atoms with E-state index in [0.29, 0.717) is 12.1 Å². The third kappa shape index (κ3) is 4.19. The molecule has 1 aromatic heterocycles. The van der Waals surface area contributed by atoms with Crippen LogP contribution in [-0.4, -0.2) is 43.5 Å². The molecule has 2 aromatic rings. The van der Waals surface area contributed by atoms with E-state index in [4.69, 9.17) is 4.42 Å². The van der Waals surface area contributed by atoms with Gasteiger partial charge >= 0.3 is 5.63 Å². The molecule has 0 atom stereocenters. The van der Waals surface area contributed by atoms with Crippen molar-refractivity contribution in [3.05, 3.63) is 34.7 Å². The van der Waals surface area contributed by atoms with Crippen molar-refractivity contribution in [3.63, 3.8) is 0 Å². The van der Waals surface area contributed by atoms with Crippen LogP contribution in [0.1, 0.15) is 26.7 Å². The number of nitrogens with one attached hydrogen (secondary N) is 1. The first-order valence-electron chi connectivity index (χ1n) is 8.97. The lowest BCUT2D eigenvalue weighted by molar-refractivity contribution is -0.117. The number of nitrogens with zero attached hydrogens (tertiary/aromatic N) is 2. The summed E-state index contributed by atoms with van der Waals surface area (Å²) in [6, 6.07) is 7.44. The number of benzene rings is 1. The SMILES string of the molecule is CCN(CC)c1c(NC(=O)CN2CCCC2)c(=O)oc2ccccc12.Cl. The van der Waals surface area contributed by atoms with Crippen molar-refractivity contribution in [1.29, 1.82) is 0 Å². The lowest BCUT2D eigenvalue weighted by Crippen LogP contribution is -2.33. The number of carbonyl (C=O) groups excluding carboxylic acids is 1. The number of rotatable bonds is 6. The zero-order valence-corrected chi connectivity index (χ0v) is 16.1. The van der Waals surface area contributed by atoms with Crippen molar-refractivity contribution in [2.75, 3.05) is 42.9 Å². The maximum absolute atomic E-state index is 12.5. The molecule has 1 N–H and O–H groups in total. The van der Waals surface area contributed by atoms with Crippen molar-refractivity contribution < 1.29 is 9.21 Å². The van der Waals surface area contributed by atoms with E-state index in [1.54, 1.807) is 6.07 Å². The summed E-state index contributed by atoms with van der Waals surface area (Å²) in [7, 11) is 0. The molecule has 6 nitrogen and oxygen atoms in total. The van der Waals surface area contributed by atoms with Crippen molar-refractivity contribution in [1.82, 2.24) is 4.90 Å². The molecule has 1 fully saturated rings. The van der Waals surface area contributed by atoms with Gasteiger partial charge in [0, 0.05) is 18.5 Å². The van der Waals surface area contributed by atoms with Gasteiger partial charge in [-0.05, 0) is 51.9 Å². The molecule has 1 aliphatic heterocycles. The van der Waals surface area contributed by atoms with Gasteiger partial charge in [-0.2, -0.15) is 0 Å². The van der Waals surface area contributed by atoms with Gasteiger partial charge in [-0.15, -0.1) is 12.4 Å². The van der Waals surface area contributed by atoms with E-state index in [-0.39, 0.29) is 24.0 Å². The van der Waals surface area contributed by atoms with Crippen LogP contribution in [0.4, 0.5) is 11.4 Å². The van der Waals surface area contributed by atoms with Gasteiger partial charge in [0.2, 0.25) is 5.91 Å². The fraction of sp³-hybridized carbons (Fsp3) is 0.474. The molecule has 1 aromatic carbocycles. The van der Waals surface area contributed by atoms with E-state index >= 15 is 0 Å². The van der Waals surface area contributed by atoms with E-state index in [9.17, 15) is 9.59 Å². The molecule has 2 heterocycles. The van der Waals surface area contributed by atoms with Crippen LogP contribution in [0.5, 0.6) is 0 Å². The Hall–Kier alpha value is -2.05. The Bertz CT molecular complexity index is 811. The number of amides is 1. The Morgan fingerprint density at radius 2 is 1.85 bits per heavy atom. The molecule has 0 bridgehead atoms. The smallest absolute Gasteiger partial charge is 0.362 e. The summed E-state index contributed by atoms with van der Waals surface area (Å²) in [4.78, 5) is 29.2. The van der Waals surface area contributed by atoms with Crippen LogP contribution in [0.15, 0.2) is 33.5 Å². The topological polar surface area (TPSA) is 65.8 Å². The third-order valence-corrected chi connectivity index (χ3v) is 4.70. The molecule has 142 valence electrons. The van der Waals surface area contributed by atoms with Gasteiger partial charge < -0.3 is 14.6 Å². The summed E-state index contributed by atoms with van der Waals surface area (Å²) in [6.45, 7) is 7.71. The fourth-order valence-electron chi connectivity index (χ4n) is 3.43. The molecule has 0 radical (unpaired) electrons. The van der Waals surface area contributed by atoms with E-state index in [2.05, 4.69) is 15.1 Å². The van der Waals surface area contributed by atoms with Gasteiger partial charge in [0.1, 0.15) is 5.58 Å². The van der Waals surface area contributed by atoms with Crippen LogP contribution < -0.4 is 15.8 Å². The van der Waals surface area contributed by atoms with Gasteiger partial charge in [-0.1, -0.05) is 12.1 Å². The number of fused-ring (bicyclic) bond motifs is 1. The largest absolute Gasteiger partial charge is 0.421 e. The molecule has 3 rings (SSSR count). The molecule has 0 aliphatic carbocycles. The summed E-state index contributed by atoms with van der Waals surface area (Å²) in [6.07, 6.45) is 2.24. The molecule has 1 aliphatic rings. The molecule has 0 saturated carbocycles. The molecule has 1 amide bonds. The van der Waals surface area contributed by atoms with Crippen LogP contribution in [0.25, 0.3) is 11.0 Å². The van der Waals surface area contributed by atoms with E-state index in [0.717, 1.165) is 50.1 Å². The highest BCUT2D eigenvalue weighted by atomic mass is 35.5. The number of anilines is 2. The molecule has 7 heteroatoms. The predicted molar refractivity (Wildman–Crippen MR) is 108 cm³/mol. The molecule has 26 heavy (non-hydrogen) atoms. The van der Waals surface area contributed by atoms with E-state index in [1.807, 2.05) is 32.0 Å². The predicted octanol–water partition coefficient (Wildman–Crippen LogP) is 3.10. The highest BCUT2D eigenvalue weighted by Crippen LogP contribution is 2.32. The first-order valence-corrected chi connectivity index (χ1v) is 8.97. The van der Waals surface area contributed by atoms with Crippen LogP contribution in [0.3, 0.4) is 0 Å². The van der Waals surface area contributed by atoms with Crippen LogP contribution >= 0.6 is 12.4 Å². The van der Waals surface area contributed by atoms with Crippen LogP contribution in [0, 0.1) is 0 Å². The van der Waals surface area contributed by atoms with Gasteiger partial charge in [0.15, 0.2) is 5.69 Å². The third-order valence-electron chi connectivity index (χ3n) is 4.70. The van der Waals surface area contributed by atoms with E-state index in [1.165, 1.54) is 0 Å². The summed E-state index contributed by atoms with van der Waals surface area (Å²) in [5.74, 6) is -0.169. The Morgan fingerprint density at radius 3 is 2.50 bits per heavy atom. The van der Waals surface area contributed by atoms with E-state index < -0.39 is 5.63 Å². The molecule has 1 saturated heterocycles. The van der Waals surface area contributed by atoms with Crippen LogP contribution in [0.2, 0.25) is 0 Å².